The van der Waals surface area contributed by atoms with E-state index in [-0.39, 0.29) is 0 Å². The van der Waals surface area contributed by atoms with E-state index in [1.165, 1.54) is 0 Å². The lowest BCUT2D eigenvalue weighted by Crippen LogP contribution is -2.37. The molecule has 15 heteroatoms. The van der Waals surface area contributed by atoms with Gasteiger partial charge in [-0.05, 0) is 4.31 Å². The van der Waals surface area contributed by atoms with Crippen LogP contribution in [-0.4, -0.2) is 54.5 Å². The Labute approximate surface area is 133 Å². The van der Waals surface area contributed by atoms with Gasteiger partial charge in [0.1, 0.15) is 18.3 Å². The van der Waals surface area contributed by atoms with E-state index in [0.29, 0.717) is 0 Å². The largest absolute Gasteiger partial charge is 0.705 e. The van der Waals surface area contributed by atoms with Crippen LogP contribution in [0, 0.1) is 0 Å². The molecule has 6 atom stereocenters. The number of rotatable bonds is 6. The first-order chi connectivity index (χ1) is 11.1. The number of phosphoric ester groups is 1. The Morgan fingerprint density at radius 2 is 2.04 bits per heavy atom. The number of nitrogens with zero attached hydrogens (tertiary/aromatic N) is 1. The molecule has 13 nitrogen and oxygen atoms in total. The Morgan fingerprint density at radius 1 is 1.38 bits per heavy atom. The van der Waals surface area contributed by atoms with Crippen LogP contribution in [0.15, 0.2) is 21.9 Å². The summed E-state index contributed by atoms with van der Waals surface area (Å²) in [5.74, 6) is 0. The molecule has 1 aromatic rings. The predicted octanol–water partition coefficient (Wildman–Crippen LogP) is -2.06. The summed E-state index contributed by atoms with van der Waals surface area (Å²) in [5, 5.41) is 19.8. The van der Waals surface area contributed by atoms with E-state index in [1.54, 1.807) is 0 Å². The highest BCUT2D eigenvalue weighted by molar-refractivity contribution is 7.55. The molecule has 1 saturated heterocycles. The van der Waals surface area contributed by atoms with Crippen LogP contribution in [0.5, 0.6) is 0 Å². The molecule has 0 bridgehead atoms. The molecular weight excluding hydrogens is 374 g/mol. The highest BCUT2D eigenvalue weighted by atomic mass is 31.2. The van der Waals surface area contributed by atoms with Crippen molar-refractivity contribution in [2.24, 2.45) is 0 Å². The average Bonchev–Trinajstić information content (AvgIpc) is 2.72. The van der Waals surface area contributed by atoms with Crippen LogP contribution in [0.1, 0.15) is 6.23 Å². The Hall–Kier alpha value is -1.27. The molecule has 24 heavy (non-hydrogen) atoms. The summed E-state index contributed by atoms with van der Waals surface area (Å²) in [5.41, 5.74) is -1.59. The summed E-state index contributed by atoms with van der Waals surface area (Å²) in [6.45, 7) is -0.788. The van der Waals surface area contributed by atoms with Gasteiger partial charge in [0.25, 0.3) is 5.56 Å². The second-order valence-corrected chi connectivity index (χ2v) is 6.97. The summed E-state index contributed by atoms with van der Waals surface area (Å²) in [6, 6.07) is 0.987. The Bertz CT molecular complexity index is 775. The van der Waals surface area contributed by atoms with Crippen molar-refractivity contribution >= 4 is 16.1 Å². The average molecular weight is 387 g/mol. The molecule has 2 heterocycles. The fourth-order valence-corrected chi connectivity index (χ4v) is 3.23. The van der Waals surface area contributed by atoms with E-state index in [2.05, 4.69) is 8.83 Å². The van der Waals surface area contributed by atoms with Crippen molar-refractivity contribution in [3.8, 4) is 0 Å². The van der Waals surface area contributed by atoms with E-state index in [9.17, 15) is 28.9 Å². The number of hydrogen-bond acceptors (Lipinski definition) is 9. The molecule has 0 amide bonds. The van der Waals surface area contributed by atoms with Crippen molar-refractivity contribution in [3.63, 3.8) is 0 Å². The normalized spacial score (nSPS) is 30.1. The summed E-state index contributed by atoms with van der Waals surface area (Å²) in [7, 11) is -8.28. The lowest BCUT2D eigenvalue weighted by molar-refractivity contribution is -0.0540. The molecule has 1 aromatic heterocycles. The highest BCUT2D eigenvalue weighted by Gasteiger charge is 2.46. The highest BCUT2D eigenvalue weighted by Crippen LogP contribution is 2.51. The first-order valence-electron chi connectivity index (χ1n) is 6.27. The third-order valence-electron chi connectivity index (χ3n) is 3.04. The third-order valence-corrected chi connectivity index (χ3v) is 4.90. The van der Waals surface area contributed by atoms with Crippen molar-refractivity contribution < 1.29 is 42.7 Å². The van der Waals surface area contributed by atoms with Gasteiger partial charge >= 0.3 is 21.8 Å². The van der Waals surface area contributed by atoms with Crippen LogP contribution in [0.4, 0.5) is 0 Å². The number of ether oxygens (including phenoxy) is 1. The van der Waals surface area contributed by atoms with E-state index >= 15 is 0 Å². The zero-order valence-corrected chi connectivity index (χ0v) is 13.4. The van der Waals surface area contributed by atoms with Gasteiger partial charge in [0.2, 0.25) is 0 Å². The smallest absolute Gasteiger partial charge is 0.387 e. The van der Waals surface area contributed by atoms with Gasteiger partial charge in [-0.25, -0.2) is 9.36 Å². The molecule has 5 N–H and O–H groups in total. The molecule has 2 rings (SSSR count). The van der Waals surface area contributed by atoms with Crippen LogP contribution in [0.3, 0.4) is 0 Å². The summed E-state index contributed by atoms with van der Waals surface area (Å²) < 4.78 is 35.8. The lowest BCUT2D eigenvalue weighted by Gasteiger charge is -2.16. The lowest BCUT2D eigenvalue weighted by atomic mass is 10.1. The molecule has 1 aliphatic heterocycles. The first kappa shape index (κ1) is 19.1. The second kappa shape index (κ2) is 7.31. The number of nitrogens with one attached hydrogen (secondary N) is 1. The van der Waals surface area contributed by atoms with Gasteiger partial charge in [-0.15, -0.1) is 4.89 Å². The number of aliphatic hydroxyl groups excluding tert-OH is 2. The maximum Gasteiger partial charge on any atom is 0.705 e. The molecule has 1 fully saturated rings. The van der Waals surface area contributed by atoms with Crippen LogP contribution >= 0.6 is 16.1 Å². The maximum atomic E-state index is 11.7. The molecule has 0 aliphatic carbocycles. The minimum absolute atomic E-state index is 0.680. The zero-order valence-electron chi connectivity index (χ0n) is 11.7. The molecule has 0 radical (unpaired) electrons. The van der Waals surface area contributed by atoms with Gasteiger partial charge < -0.3 is 14.9 Å². The molecule has 0 spiro atoms. The number of aliphatic hydroxyl groups is 2. The number of phosphoric acid groups is 1. The summed E-state index contributed by atoms with van der Waals surface area (Å²) in [4.78, 5) is 42.1. The van der Waals surface area contributed by atoms with Crippen LogP contribution < -0.4 is 11.2 Å². The van der Waals surface area contributed by atoms with Crippen molar-refractivity contribution in [1.82, 2.24) is 9.55 Å². The van der Waals surface area contributed by atoms with Crippen LogP contribution in [0.2, 0.25) is 0 Å². The molecule has 1 aliphatic rings. The van der Waals surface area contributed by atoms with E-state index in [4.69, 9.17) is 14.5 Å². The Morgan fingerprint density at radius 3 is 2.62 bits per heavy atom. The fraction of sp³-hybridized carbons (Fsp3) is 0.556. The number of H-pyrrole nitrogens is 1. The number of aromatic amines is 1. The van der Waals surface area contributed by atoms with Crippen LogP contribution in [-0.2, 0) is 22.7 Å². The number of hydrogen-bond donors (Lipinski definition) is 5. The van der Waals surface area contributed by atoms with Gasteiger partial charge in [-0.1, -0.05) is 0 Å². The van der Waals surface area contributed by atoms with Gasteiger partial charge in [-0.2, -0.15) is 0 Å². The van der Waals surface area contributed by atoms with Crippen LogP contribution in [0.25, 0.3) is 0 Å². The predicted molar refractivity (Wildman–Crippen MR) is 73.9 cm³/mol. The van der Waals surface area contributed by atoms with Gasteiger partial charge in [0.15, 0.2) is 6.23 Å². The van der Waals surface area contributed by atoms with E-state index < -0.39 is 58.5 Å². The molecule has 134 valence electrons. The number of aromatic nitrogens is 2. The summed E-state index contributed by atoms with van der Waals surface area (Å²) in [6.07, 6.45) is -4.95. The van der Waals surface area contributed by atoms with Crippen molar-refractivity contribution in [2.75, 3.05) is 6.61 Å². The second-order valence-electron chi connectivity index (χ2n) is 4.65. The van der Waals surface area contributed by atoms with E-state index in [0.717, 1.165) is 16.8 Å². The molecular formula is C9H13N2O11P2+. The van der Waals surface area contributed by atoms with Crippen molar-refractivity contribution in [2.45, 2.75) is 24.5 Å². The SMILES string of the molecule is O=c1ccn([C@@H]2O[C@H](COP(=O)(O)O[P+](=O)O)[C@H](O)[C@H]2O)c(=O)[nH]1. The van der Waals surface area contributed by atoms with Crippen molar-refractivity contribution in [3.05, 3.63) is 33.1 Å². The summed E-state index contributed by atoms with van der Waals surface area (Å²) >= 11 is 0. The van der Waals surface area contributed by atoms with Crippen molar-refractivity contribution in [1.29, 1.82) is 0 Å². The van der Waals surface area contributed by atoms with Gasteiger partial charge in [-0.3, -0.25) is 23.8 Å². The molecule has 0 saturated carbocycles. The third kappa shape index (κ3) is 4.42. The Kier molecular flexibility index (Phi) is 5.81. The maximum absolute atomic E-state index is 11.7. The minimum Gasteiger partial charge on any atom is -0.387 e. The quantitative estimate of drug-likeness (QED) is 0.336. The Balaban J connectivity index is 2.10. The first-order valence-corrected chi connectivity index (χ1v) is 8.89. The topological polar surface area (TPSA) is 198 Å². The molecule has 0 aromatic carbocycles. The fourth-order valence-electron chi connectivity index (χ4n) is 2.00. The van der Waals surface area contributed by atoms with Gasteiger partial charge in [0, 0.05) is 16.8 Å². The monoisotopic (exact) mass is 387 g/mol. The zero-order chi connectivity index (χ0) is 18.1. The standard InChI is InChI=1S/C9H12N2O11P2/c12-5-1-2-11(9(15)10-5)8-7(14)6(13)4(21-8)3-20-24(18,19)22-23(16)17/h1-2,4,6-8,13-14H,3H2,(H2-,10,12,15,16,17,18,19)/p+1/t4-,6+,7-,8-/m1/s1. The molecule has 2 unspecified atom stereocenters. The minimum atomic E-state index is -4.88. The van der Waals surface area contributed by atoms with E-state index in [1.807, 2.05) is 4.98 Å². The van der Waals surface area contributed by atoms with Gasteiger partial charge in [0.05, 0.1) is 6.61 Å².